The minimum Gasteiger partial charge on any atom is -0.381 e. The molecule has 122 valence electrons. The van der Waals surface area contributed by atoms with Crippen molar-refractivity contribution in [3.63, 3.8) is 0 Å². The van der Waals surface area contributed by atoms with E-state index in [1.165, 1.54) is 5.56 Å². The van der Waals surface area contributed by atoms with Gasteiger partial charge in [-0.15, -0.1) is 0 Å². The number of rotatable bonds is 6. The van der Waals surface area contributed by atoms with E-state index in [1.54, 1.807) is 16.7 Å². The van der Waals surface area contributed by atoms with E-state index < -0.39 is 0 Å². The van der Waals surface area contributed by atoms with Crippen molar-refractivity contribution in [3.05, 3.63) is 70.1 Å². The third-order valence-corrected chi connectivity index (χ3v) is 4.38. The largest absolute Gasteiger partial charge is 0.381 e. The maximum atomic E-state index is 11.7. The second-order valence-electron chi connectivity index (χ2n) is 6.17. The normalized spacial score (nSPS) is 15.7. The van der Waals surface area contributed by atoms with Crippen LogP contribution in [0.1, 0.15) is 24.0 Å². The Kier molecular flexibility index (Phi) is 5.61. The first kappa shape index (κ1) is 16.0. The Hall–Kier alpha value is -1.91. The van der Waals surface area contributed by atoms with Gasteiger partial charge >= 0.3 is 0 Å². The number of hydrogen-bond donors (Lipinski definition) is 1. The zero-order chi connectivity index (χ0) is 15.9. The molecule has 2 aromatic rings. The highest BCUT2D eigenvalue weighted by molar-refractivity contribution is 5.22. The fourth-order valence-corrected chi connectivity index (χ4v) is 2.92. The van der Waals surface area contributed by atoms with E-state index in [2.05, 4.69) is 29.6 Å². The van der Waals surface area contributed by atoms with Crippen LogP contribution in [-0.2, 0) is 17.8 Å². The van der Waals surface area contributed by atoms with E-state index in [0.717, 1.165) is 50.6 Å². The molecule has 3 rings (SSSR count). The summed E-state index contributed by atoms with van der Waals surface area (Å²) in [5, 5.41) is 3.54. The lowest BCUT2D eigenvalue weighted by Gasteiger charge is -2.22. The van der Waals surface area contributed by atoms with E-state index in [1.807, 2.05) is 12.3 Å². The van der Waals surface area contributed by atoms with E-state index in [-0.39, 0.29) is 5.56 Å². The summed E-state index contributed by atoms with van der Waals surface area (Å²) >= 11 is 0. The maximum absolute atomic E-state index is 11.7. The minimum absolute atomic E-state index is 0.0368. The molecule has 4 heteroatoms. The second kappa shape index (κ2) is 8.09. The van der Waals surface area contributed by atoms with Crippen molar-refractivity contribution in [2.45, 2.75) is 25.9 Å². The van der Waals surface area contributed by atoms with Gasteiger partial charge in [-0.05, 0) is 42.5 Å². The van der Waals surface area contributed by atoms with E-state index in [9.17, 15) is 4.79 Å². The Bertz CT molecular complexity index is 658. The standard InChI is InChI=1S/C19H24N2O2/c22-19-3-1-2-10-21(19)15-18-6-4-16(5-7-18)13-20-14-17-8-11-23-12-9-17/h1-7,10,17,20H,8-9,11-15H2. The van der Waals surface area contributed by atoms with E-state index in [0.29, 0.717) is 6.54 Å². The van der Waals surface area contributed by atoms with Gasteiger partial charge in [0.15, 0.2) is 0 Å². The Morgan fingerprint density at radius 1 is 1.04 bits per heavy atom. The molecule has 1 saturated heterocycles. The predicted octanol–water partition coefficient (Wildman–Crippen LogP) is 2.41. The molecular formula is C19H24N2O2. The molecular weight excluding hydrogens is 288 g/mol. The van der Waals surface area contributed by atoms with Crippen LogP contribution in [0.2, 0.25) is 0 Å². The number of benzene rings is 1. The molecule has 1 fully saturated rings. The van der Waals surface area contributed by atoms with Crippen LogP contribution in [-0.4, -0.2) is 24.3 Å². The summed E-state index contributed by atoms with van der Waals surface area (Å²) in [7, 11) is 0. The highest BCUT2D eigenvalue weighted by Gasteiger charge is 2.12. The van der Waals surface area contributed by atoms with Crippen LogP contribution in [0, 0.1) is 5.92 Å². The molecule has 0 unspecified atom stereocenters. The van der Waals surface area contributed by atoms with E-state index in [4.69, 9.17) is 4.74 Å². The Labute approximate surface area is 137 Å². The van der Waals surface area contributed by atoms with Crippen LogP contribution in [0.25, 0.3) is 0 Å². The Morgan fingerprint density at radius 2 is 1.78 bits per heavy atom. The smallest absolute Gasteiger partial charge is 0.250 e. The molecule has 1 N–H and O–H groups in total. The van der Waals surface area contributed by atoms with Gasteiger partial charge in [-0.25, -0.2) is 0 Å². The van der Waals surface area contributed by atoms with Gasteiger partial charge in [0.1, 0.15) is 0 Å². The molecule has 0 amide bonds. The maximum Gasteiger partial charge on any atom is 0.250 e. The number of ether oxygens (including phenoxy) is 1. The van der Waals surface area contributed by atoms with Gasteiger partial charge in [0.2, 0.25) is 0 Å². The molecule has 1 aliphatic heterocycles. The van der Waals surface area contributed by atoms with Crippen molar-refractivity contribution in [3.8, 4) is 0 Å². The molecule has 1 aromatic carbocycles. The molecule has 0 spiro atoms. The van der Waals surface area contributed by atoms with Crippen molar-refractivity contribution < 1.29 is 4.74 Å². The zero-order valence-corrected chi connectivity index (χ0v) is 13.4. The lowest BCUT2D eigenvalue weighted by Crippen LogP contribution is -2.27. The fraction of sp³-hybridized carbons (Fsp3) is 0.421. The Balaban J connectivity index is 1.49. The molecule has 23 heavy (non-hydrogen) atoms. The van der Waals surface area contributed by atoms with Crippen molar-refractivity contribution in [2.24, 2.45) is 5.92 Å². The first-order valence-electron chi connectivity index (χ1n) is 8.33. The van der Waals surface area contributed by atoms with Crippen LogP contribution < -0.4 is 10.9 Å². The van der Waals surface area contributed by atoms with Gasteiger partial charge in [0, 0.05) is 32.0 Å². The molecule has 2 heterocycles. The van der Waals surface area contributed by atoms with Gasteiger partial charge in [-0.1, -0.05) is 30.3 Å². The molecule has 0 saturated carbocycles. The van der Waals surface area contributed by atoms with Gasteiger partial charge in [-0.2, -0.15) is 0 Å². The van der Waals surface area contributed by atoms with Crippen molar-refractivity contribution >= 4 is 0 Å². The first-order chi connectivity index (χ1) is 11.3. The quantitative estimate of drug-likeness (QED) is 0.891. The summed E-state index contributed by atoms with van der Waals surface area (Å²) in [6, 6.07) is 13.7. The lowest BCUT2D eigenvalue weighted by atomic mass is 10.0. The van der Waals surface area contributed by atoms with Crippen LogP contribution in [0.5, 0.6) is 0 Å². The summed E-state index contributed by atoms with van der Waals surface area (Å²) in [6.07, 6.45) is 4.15. The summed E-state index contributed by atoms with van der Waals surface area (Å²) in [5.41, 5.74) is 2.46. The van der Waals surface area contributed by atoms with Crippen LogP contribution >= 0.6 is 0 Å². The van der Waals surface area contributed by atoms with Gasteiger partial charge in [0.05, 0.1) is 6.54 Å². The summed E-state index contributed by atoms with van der Waals surface area (Å²) in [6.45, 7) is 4.38. The number of nitrogens with one attached hydrogen (secondary N) is 1. The van der Waals surface area contributed by atoms with Crippen molar-refractivity contribution in [1.29, 1.82) is 0 Å². The van der Waals surface area contributed by atoms with Crippen molar-refractivity contribution in [1.82, 2.24) is 9.88 Å². The molecule has 0 bridgehead atoms. The fourth-order valence-electron chi connectivity index (χ4n) is 2.92. The topological polar surface area (TPSA) is 43.3 Å². The number of pyridine rings is 1. The molecule has 0 aliphatic carbocycles. The third kappa shape index (κ3) is 4.78. The van der Waals surface area contributed by atoms with Gasteiger partial charge in [-0.3, -0.25) is 4.79 Å². The van der Waals surface area contributed by atoms with Crippen LogP contribution in [0.15, 0.2) is 53.5 Å². The van der Waals surface area contributed by atoms with E-state index >= 15 is 0 Å². The third-order valence-electron chi connectivity index (χ3n) is 4.38. The van der Waals surface area contributed by atoms with Gasteiger partial charge < -0.3 is 14.6 Å². The van der Waals surface area contributed by atoms with Crippen LogP contribution in [0.4, 0.5) is 0 Å². The first-order valence-corrected chi connectivity index (χ1v) is 8.33. The highest BCUT2D eigenvalue weighted by atomic mass is 16.5. The summed E-state index contributed by atoms with van der Waals surface area (Å²) in [5.74, 6) is 0.743. The molecule has 1 aromatic heterocycles. The molecule has 4 nitrogen and oxygen atoms in total. The minimum atomic E-state index is 0.0368. The zero-order valence-electron chi connectivity index (χ0n) is 13.4. The molecule has 0 atom stereocenters. The average molecular weight is 312 g/mol. The highest BCUT2D eigenvalue weighted by Crippen LogP contribution is 2.13. The second-order valence-corrected chi connectivity index (χ2v) is 6.17. The molecule has 1 aliphatic rings. The number of aromatic nitrogens is 1. The number of hydrogen-bond acceptors (Lipinski definition) is 3. The molecule has 0 radical (unpaired) electrons. The Morgan fingerprint density at radius 3 is 2.52 bits per heavy atom. The van der Waals surface area contributed by atoms with Crippen LogP contribution in [0.3, 0.4) is 0 Å². The number of nitrogens with zero attached hydrogens (tertiary/aromatic N) is 1. The lowest BCUT2D eigenvalue weighted by molar-refractivity contribution is 0.0662. The summed E-state index contributed by atoms with van der Waals surface area (Å²) < 4.78 is 7.10. The average Bonchev–Trinajstić information content (AvgIpc) is 2.59. The SMILES string of the molecule is O=c1ccccn1Cc1ccc(CNCC2CCOCC2)cc1. The summed E-state index contributed by atoms with van der Waals surface area (Å²) in [4.78, 5) is 11.7. The monoisotopic (exact) mass is 312 g/mol. The van der Waals surface area contributed by atoms with Gasteiger partial charge in [0.25, 0.3) is 5.56 Å². The van der Waals surface area contributed by atoms with Crippen molar-refractivity contribution in [2.75, 3.05) is 19.8 Å². The predicted molar refractivity (Wildman–Crippen MR) is 91.5 cm³/mol.